The molecule has 1 aromatic heterocycles. The molecule has 1 unspecified atom stereocenters. The quantitative estimate of drug-likeness (QED) is 0.532. The molecule has 1 amide bonds. The average molecular weight is 408 g/mol. The van der Waals surface area contributed by atoms with E-state index in [0.29, 0.717) is 19.6 Å². The van der Waals surface area contributed by atoms with Gasteiger partial charge in [0.2, 0.25) is 5.91 Å². The lowest BCUT2D eigenvalue weighted by molar-refractivity contribution is -0.127. The summed E-state index contributed by atoms with van der Waals surface area (Å²) in [4.78, 5) is 19.4. The van der Waals surface area contributed by atoms with Crippen molar-refractivity contribution in [2.24, 2.45) is 0 Å². The number of methoxy groups -OCH3 is 1. The number of fused-ring (bicyclic) bond motifs is 1. The number of imidazole rings is 1. The molecule has 3 aromatic rings. The van der Waals surface area contributed by atoms with Gasteiger partial charge in [-0.05, 0) is 30.7 Å². The van der Waals surface area contributed by atoms with E-state index < -0.39 is 0 Å². The SMILES string of the molecule is CCCCN1CC(c2nc3ccccc3n2CCOc2cccc(OC)c2)CC1=O. The van der Waals surface area contributed by atoms with Gasteiger partial charge in [-0.1, -0.05) is 31.5 Å². The van der Waals surface area contributed by atoms with Crippen molar-refractivity contribution in [2.75, 3.05) is 26.8 Å². The van der Waals surface area contributed by atoms with Crippen molar-refractivity contribution in [3.05, 3.63) is 54.4 Å². The molecule has 30 heavy (non-hydrogen) atoms. The van der Waals surface area contributed by atoms with Gasteiger partial charge in [0.05, 0.1) is 24.7 Å². The van der Waals surface area contributed by atoms with E-state index in [4.69, 9.17) is 14.5 Å². The van der Waals surface area contributed by atoms with Gasteiger partial charge in [-0.25, -0.2) is 4.98 Å². The van der Waals surface area contributed by atoms with Crippen LogP contribution in [-0.4, -0.2) is 47.2 Å². The zero-order valence-corrected chi connectivity index (χ0v) is 17.7. The molecule has 1 saturated heterocycles. The highest BCUT2D eigenvalue weighted by Gasteiger charge is 2.33. The standard InChI is InChI=1S/C24H29N3O3/c1-3-4-12-26-17-18(15-23(26)28)24-25-21-10-5-6-11-22(21)27(24)13-14-30-20-9-7-8-19(16-20)29-2/h5-11,16,18H,3-4,12-15,17H2,1-2H3. The Morgan fingerprint density at radius 1 is 1.10 bits per heavy atom. The molecular weight excluding hydrogens is 378 g/mol. The number of carbonyl (C=O) groups is 1. The third-order valence-corrected chi connectivity index (χ3v) is 5.67. The molecule has 2 aromatic carbocycles. The molecule has 0 N–H and O–H groups in total. The number of unbranched alkanes of at least 4 members (excludes halogenated alkanes) is 1. The third kappa shape index (κ3) is 4.27. The van der Waals surface area contributed by atoms with Crippen LogP contribution in [0.25, 0.3) is 11.0 Å². The summed E-state index contributed by atoms with van der Waals surface area (Å²) in [6, 6.07) is 15.8. The van der Waals surface area contributed by atoms with Gasteiger partial charge >= 0.3 is 0 Å². The molecule has 0 bridgehead atoms. The average Bonchev–Trinajstić information content (AvgIpc) is 3.33. The molecule has 6 nitrogen and oxygen atoms in total. The van der Waals surface area contributed by atoms with Gasteiger partial charge in [0, 0.05) is 31.5 Å². The van der Waals surface area contributed by atoms with E-state index in [9.17, 15) is 4.79 Å². The molecule has 0 spiro atoms. The van der Waals surface area contributed by atoms with Gasteiger partial charge in [-0.15, -0.1) is 0 Å². The van der Waals surface area contributed by atoms with Crippen LogP contribution >= 0.6 is 0 Å². The molecule has 1 atom stereocenters. The number of aromatic nitrogens is 2. The minimum atomic E-state index is 0.124. The van der Waals surface area contributed by atoms with E-state index in [-0.39, 0.29) is 11.8 Å². The number of para-hydroxylation sites is 2. The van der Waals surface area contributed by atoms with Crippen LogP contribution in [0.15, 0.2) is 48.5 Å². The molecule has 158 valence electrons. The fraction of sp³-hybridized carbons (Fsp3) is 0.417. The Morgan fingerprint density at radius 3 is 2.77 bits per heavy atom. The Balaban J connectivity index is 1.53. The normalized spacial score (nSPS) is 16.4. The summed E-state index contributed by atoms with van der Waals surface area (Å²) in [5, 5.41) is 0. The molecule has 4 rings (SSSR count). The summed E-state index contributed by atoms with van der Waals surface area (Å²) < 4.78 is 13.5. The van der Waals surface area contributed by atoms with Crippen molar-refractivity contribution in [3.63, 3.8) is 0 Å². The topological polar surface area (TPSA) is 56.6 Å². The van der Waals surface area contributed by atoms with E-state index >= 15 is 0 Å². The van der Waals surface area contributed by atoms with Crippen molar-refractivity contribution >= 4 is 16.9 Å². The van der Waals surface area contributed by atoms with Gasteiger partial charge in [0.25, 0.3) is 0 Å². The lowest BCUT2D eigenvalue weighted by Crippen LogP contribution is -2.26. The molecular formula is C24H29N3O3. The predicted octanol–water partition coefficient (Wildman–Crippen LogP) is 4.24. The number of carbonyl (C=O) groups excluding carboxylic acids is 1. The number of nitrogens with zero attached hydrogens (tertiary/aromatic N) is 3. The van der Waals surface area contributed by atoms with Crippen LogP contribution in [0, 0.1) is 0 Å². The molecule has 1 aliphatic heterocycles. The van der Waals surface area contributed by atoms with Crippen molar-refractivity contribution < 1.29 is 14.3 Å². The van der Waals surface area contributed by atoms with Gasteiger partial charge in [0.1, 0.15) is 23.9 Å². The Hall–Kier alpha value is -3.02. The second-order valence-electron chi connectivity index (χ2n) is 7.73. The smallest absolute Gasteiger partial charge is 0.223 e. The maximum atomic E-state index is 12.5. The molecule has 1 aliphatic rings. The molecule has 6 heteroatoms. The summed E-state index contributed by atoms with van der Waals surface area (Å²) in [6.45, 7) is 4.93. The number of hydrogen-bond acceptors (Lipinski definition) is 4. The first-order chi connectivity index (χ1) is 14.7. The van der Waals surface area contributed by atoms with Gasteiger partial charge < -0.3 is 18.9 Å². The fourth-order valence-electron chi connectivity index (χ4n) is 4.10. The van der Waals surface area contributed by atoms with Crippen LogP contribution in [0.3, 0.4) is 0 Å². The van der Waals surface area contributed by atoms with Gasteiger partial charge in [0.15, 0.2) is 0 Å². The summed E-state index contributed by atoms with van der Waals surface area (Å²) in [5.41, 5.74) is 2.05. The number of hydrogen-bond donors (Lipinski definition) is 0. The first-order valence-corrected chi connectivity index (χ1v) is 10.7. The first-order valence-electron chi connectivity index (χ1n) is 10.7. The van der Waals surface area contributed by atoms with E-state index in [1.807, 2.05) is 47.4 Å². The summed E-state index contributed by atoms with van der Waals surface area (Å²) in [6.07, 6.45) is 2.67. The van der Waals surface area contributed by atoms with E-state index in [1.54, 1.807) is 7.11 Å². The van der Waals surface area contributed by atoms with Crippen molar-refractivity contribution in [2.45, 2.75) is 38.6 Å². The number of amides is 1. The summed E-state index contributed by atoms with van der Waals surface area (Å²) in [5.74, 6) is 2.90. The Morgan fingerprint density at radius 2 is 1.93 bits per heavy atom. The van der Waals surface area contributed by atoms with Crippen LogP contribution < -0.4 is 9.47 Å². The van der Waals surface area contributed by atoms with Gasteiger partial charge in [-0.3, -0.25) is 4.79 Å². The number of ether oxygens (including phenoxy) is 2. The predicted molar refractivity (Wildman–Crippen MR) is 117 cm³/mol. The molecule has 0 radical (unpaired) electrons. The zero-order chi connectivity index (χ0) is 20.9. The first kappa shape index (κ1) is 20.3. The lowest BCUT2D eigenvalue weighted by atomic mass is 10.1. The van der Waals surface area contributed by atoms with E-state index in [0.717, 1.165) is 54.3 Å². The largest absolute Gasteiger partial charge is 0.497 e. The monoisotopic (exact) mass is 407 g/mol. The van der Waals surface area contributed by atoms with Crippen LogP contribution in [0.1, 0.15) is 37.9 Å². The van der Waals surface area contributed by atoms with Crippen molar-refractivity contribution in [1.29, 1.82) is 0 Å². The number of benzene rings is 2. The Bertz CT molecular complexity index is 1010. The fourth-order valence-corrected chi connectivity index (χ4v) is 4.10. The van der Waals surface area contributed by atoms with Crippen molar-refractivity contribution in [1.82, 2.24) is 14.5 Å². The highest BCUT2D eigenvalue weighted by atomic mass is 16.5. The van der Waals surface area contributed by atoms with Crippen LogP contribution in [0.4, 0.5) is 0 Å². The molecule has 0 aliphatic carbocycles. The number of rotatable bonds is 9. The minimum absolute atomic E-state index is 0.124. The van der Waals surface area contributed by atoms with Crippen molar-refractivity contribution in [3.8, 4) is 11.5 Å². The van der Waals surface area contributed by atoms with E-state index in [2.05, 4.69) is 17.6 Å². The summed E-state index contributed by atoms with van der Waals surface area (Å²) in [7, 11) is 1.65. The molecule has 2 heterocycles. The lowest BCUT2D eigenvalue weighted by Gasteiger charge is -2.17. The second-order valence-corrected chi connectivity index (χ2v) is 7.73. The summed E-state index contributed by atoms with van der Waals surface area (Å²) >= 11 is 0. The minimum Gasteiger partial charge on any atom is -0.497 e. The maximum absolute atomic E-state index is 12.5. The zero-order valence-electron chi connectivity index (χ0n) is 17.7. The highest BCUT2D eigenvalue weighted by Crippen LogP contribution is 2.30. The van der Waals surface area contributed by atoms with Crippen LogP contribution in [0.5, 0.6) is 11.5 Å². The van der Waals surface area contributed by atoms with E-state index in [1.165, 1.54) is 0 Å². The van der Waals surface area contributed by atoms with Crippen LogP contribution in [0.2, 0.25) is 0 Å². The molecule has 1 fully saturated rings. The third-order valence-electron chi connectivity index (χ3n) is 5.67. The Labute approximate surface area is 177 Å². The highest BCUT2D eigenvalue weighted by molar-refractivity contribution is 5.80. The van der Waals surface area contributed by atoms with Crippen LogP contribution in [-0.2, 0) is 11.3 Å². The van der Waals surface area contributed by atoms with Gasteiger partial charge in [-0.2, -0.15) is 0 Å². The Kier molecular flexibility index (Phi) is 6.21. The maximum Gasteiger partial charge on any atom is 0.223 e. The molecule has 0 saturated carbocycles. The number of likely N-dealkylation sites (tertiary alicyclic amines) is 1. The second kappa shape index (κ2) is 9.20.